The minimum absolute atomic E-state index is 0.122. The number of nitrogens with one attached hydrogen (secondary N) is 2. The van der Waals surface area contributed by atoms with E-state index in [1.54, 1.807) is 18.2 Å². The molecule has 0 aliphatic carbocycles. The topological polar surface area (TPSA) is 75.3 Å². The molecule has 3 aromatic rings. The van der Waals surface area contributed by atoms with Crippen molar-refractivity contribution in [3.8, 4) is 0 Å². The monoisotopic (exact) mass is 516 g/mol. The number of anilines is 2. The molecule has 0 fully saturated rings. The van der Waals surface area contributed by atoms with Crippen LogP contribution in [0.5, 0.6) is 0 Å². The molecule has 2 N–H and O–H groups in total. The number of hydrogen-bond donors (Lipinski definition) is 2. The first-order valence-electron chi connectivity index (χ1n) is 9.35. The number of carbonyl (C=O) groups excluding carboxylic acids is 1. The number of amides is 1. The number of benzene rings is 3. The molecule has 0 heterocycles. The maximum Gasteiger partial charge on any atom is 0.417 e. The van der Waals surface area contributed by atoms with Crippen molar-refractivity contribution in [1.29, 1.82) is 0 Å². The zero-order valence-electron chi connectivity index (χ0n) is 17.2. The van der Waals surface area contributed by atoms with Gasteiger partial charge in [-0.2, -0.15) is 13.2 Å². The molecule has 0 saturated heterocycles. The molecule has 0 unspecified atom stereocenters. The summed E-state index contributed by atoms with van der Waals surface area (Å²) in [6.45, 7) is 3.71. The van der Waals surface area contributed by atoms with Gasteiger partial charge < -0.3 is 5.32 Å². The van der Waals surface area contributed by atoms with Crippen molar-refractivity contribution < 1.29 is 26.4 Å². The van der Waals surface area contributed by atoms with E-state index < -0.39 is 32.7 Å². The van der Waals surface area contributed by atoms with Crippen molar-refractivity contribution in [2.24, 2.45) is 0 Å². The van der Waals surface area contributed by atoms with E-state index in [1.807, 2.05) is 13.8 Å². The van der Waals surface area contributed by atoms with Crippen LogP contribution in [-0.2, 0) is 16.2 Å². The Labute approximate surface area is 198 Å². The molecule has 174 valence electrons. The highest BCUT2D eigenvalue weighted by atomic mass is 35.5. The number of hydrogen-bond acceptors (Lipinski definition) is 3. The fraction of sp³-hybridized carbons (Fsp3) is 0.136. The molecule has 0 atom stereocenters. The van der Waals surface area contributed by atoms with Crippen LogP contribution in [0.15, 0.2) is 59.5 Å². The van der Waals surface area contributed by atoms with Crippen LogP contribution in [0.3, 0.4) is 0 Å². The summed E-state index contributed by atoms with van der Waals surface area (Å²) >= 11 is 11.7. The second-order valence-electron chi connectivity index (χ2n) is 7.20. The fourth-order valence-electron chi connectivity index (χ4n) is 2.89. The van der Waals surface area contributed by atoms with Crippen LogP contribution >= 0.6 is 23.2 Å². The zero-order chi connectivity index (χ0) is 24.6. The molecule has 33 heavy (non-hydrogen) atoms. The summed E-state index contributed by atoms with van der Waals surface area (Å²) in [6, 6.07) is 11.4. The van der Waals surface area contributed by atoms with Crippen molar-refractivity contribution in [2.75, 3.05) is 10.0 Å². The van der Waals surface area contributed by atoms with Crippen LogP contribution in [0.25, 0.3) is 0 Å². The largest absolute Gasteiger partial charge is 0.417 e. The minimum Gasteiger partial charge on any atom is -0.322 e. The quantitative estimate of drug-likeness (QED) is 0.397. The lowest BCUT2D eigenvalue weighted by Crippen LogP contribution is -2.17. The van der Waals surface area contributed by atoms with Gasteiger partial charge in [0.1, 0.15) is 4.90 Å². The molecule has 5 nitrogen and oxygen atoms in total. The zero-order valence-corrected chi connectivity index (χ0v) is 19.5. The van der Waals surface area contributed by atoms with Crippen LogP contribution in [-0.4, -0.2) is 14.3 Å². The van der Waals surface area contributed by atoms with Gasteiger partial charge in [0, 0.05) is 16.9 Å². The number of rotatable bonds is 5. The molecule has 0 aliphatic rings. The lowest BCUT2D eigenvalue weighted by molar-refractivity contribution is -0.137. The molecule has 3 rings (SSSR count). The predicted molar refractivity (Wildman–Crippen MR) is 123 cm³/mol. The molecular formula is C22H17Cl2F3N2O3S. The van der Waals surface area contributed by atoms with Crippen LogP contribution in [0.4, 0.5) is 24.5 Å². The van der Waals surface area contributed by atoms with Gasteiger partial charge in [-0.05, 0) is 73.5 Å². The summed E-state index contributed by atoms with van der Waals surface area (Å²) in [4.78, 5) is 12.2. The summed E-state index contributed by atoms with van der Waals surface area (Å²) in [7, 11) is -4.16. The third kappa shape index (κ3) is 5.79. The highest BCUT2D eigenvalue weighted by molar-refractivity contribution is 7.92. The molecule has 1 amide bonds. The van der Waals surface area contributed by atoms with Crippen LogP contribution in [0.2, 0.25) is 10.0 Å². The highest BCUT2D eigenvalue weighted by Gasteiger charge is 2.33. The Bertz CT molecular complexity index is 1340. The van der Waals surface area contributed by atoms with Crippen LogP contribution < -0.4 is 10.0 Å². The average Bonchev–Trinajstić information content (AvgIpc) is 2.71. The Kier molecular flexibility index (Phi) is 6.97. The highest BCUT2D eigenvalue weighted by Crippen LogP contribution is 2.36. The van der Waals surface area contributed by atoms with E-state index in [1.165, 1.54) is 18.2 Å². The molecule has 0 aliphatic heterocycles. The van der Waals surface area contributed by atoms with E-state index in [9.17, 15) is 26.4 Å². The lowest BCUT2D eigenvalue weighted by atomic mass is 10.1. The molecule has 0 aromatic heterocycles. The van der Waals surface area contributed by atoms with Gasteiger partial charge in [0.2, 0.25) is 0 Å². The van der Waals surface area contributed by atoms with Gasteiger partial charge in [-0.3, -0.25) is 9.52 Å². The smallest absolute Gasteiger partial charge is 0.322 e. The van der Waals surface area contributed by atoms with Crippen molar-refractivity contribution in [3.63, 3.8) is 0 Å². The average molecular weight is 517 g/mol. The first kappa shape index (κ1) is 24.9. The van der Waals surface area contributed by atoms with Crippen molar-refractivity contribution in [1.82, 2.24) is 0 Å². The Balaban J connectivity index is 1.89. The number of halogens is 5. The third-order valence-corrected chi connectivity index (χ3v) is 6.96. The molecule has 0 spiro atoms. The fourth-order valence-corrected chi connectivity index (χ4v) is 4.69. The van der Waals surface area contributed by atoms with Crippen LogP contribution in [0, 0.1) is 13.8 Å². The second-order valence-corrected chi connectivity index (χ2v) is 9.66. The molecule has 0 bridgehead atoms. The summed E-state index contributed by atoms with van der Waals surface area (Å²) in [6.07, 6.45) is -4.71. The van der Waals surface area contributed by atoms with E-state index >= 15 is 0 Å². The summed E-state index contributed by atoms with van der Waals surface area (Å²) in [5, 5.41) is 1.66. The van der Waals surface area contributed by atoms with Crippen molar-refractivity contribution >= 4 is 50.5 Å². The molecule has 3 aromatic carbocycles. The van der Waals surface area contributed by atoms with E-state index in [2.05, 4.69) is 10.0 Å². The SMILES string of the molecule is Cc1ccc(NS(=O)(=O)c2cc(C(=O)Nc3ccc(Cl)c(C(F)(F)F)c3)ccc2Cl)cc1C. The first-order valence-corrected chi connectivity index (χ1v) is 11.6. The van der Waals surface area contributed by atoms with Gasteiger partial charge >= 0.3 is 6.18 Å². The van der Waals surface area contributed by atoms with E-state index in [-0.39, 0.29) is 21.2 Å². The number of aryl methyl sites for hydroxylation is 2. The van der Waals surface area contributed by atoms with Crippen LogP contribution in [0.1, 0.15) is 27.0 Å². The predicted octanol–water partition coefficient (Wildman–Crippen LogP) is 6.68. The van der Waals surface area contributed by atoms with Crippen molar-refractivity contribution in [2.45, 2.75) is 24.9 Å². The number of carbonyl (C=O) groups is 1. The van der Waals surface area contributed by atoms with E-state index in [0.717, 1.165) is 23.3 Å². The van der Waals surface area contributed by atoms with E-state index in [4.69, 9.17) is 23.2 Å². The first-order chi connectivity index (χ1) is 15.3. The van der Waals surface area contributed by atoms with Gasteiger partial charge in [-0.1, -0.05) is 29.3 Å². The number of alkyl halides is 3. The molecular weight excluding hydrogens is 500 g/mol. The van der Waals surface area contributed by atoms with Gasteiger partial charge in [-0.25, -0.2) is 8.42 Å². The molecule has 0 saturated carbocycles. The number of sulfonamides is 1. The molecule has 0 radical (unpaired) electrons. The van der Waals surface area contributed by atoms with Gasteiger partial charge in [0.15, 0.2) is 0 Å². The van der Waals surface area contributed by atoms with E-state index in [0.29, 0.717) is 11.8 Å². The normalized spacial score (nSPS) is 11.8. The molecule has 11 heteroatoms. The van der Waals surface area contributed by atoms with Gasteiger partial charge in [0.25, 0.3) is 15.9 Å². The van der Waals surface area contributed by atoms with Gasteiger partial charge in [-0.15, -0.1) is 0 Å². The second kappa shape index (κ2) is 9.24. The Morgan fingerprint density at radius 1 is 0.848 bits per heavy atom. The minimum atomic E-state index is -4.71. The summed E-state index contributed by atoms with van der Waals surface area (Å²) in [5.41, 5.74) is 0.762. The maximum atomic E-state index is 13.1. The standard InChI is InChI=1S/C22H17Cl2F3N2O3S/c1-12-3-5-16(9-13(12)2)29-33(31,32)20-10-14(4-7-19(20)24)21(30)28-15-6-8-18(23)17(11-15)22(25,26)27/h3-11,29H,1-2H3,(H,28,30). The summed E-state index contributed by atoms with van der Waals surface area (Å²) in [5.74, 6) is -0.829. The Hall–Kier alpha value is -2.75. The lowest BCUT2D eigenvalue weighted by Gasteiger charge is -2.13. The van der Waals surface area contributed by atoms with Gasteiger partial charge in [0.05, 0.1) is 15.6 Å². The third-order valence-electron chi connectivity index (χ3n) is 4.77. The maximum absolute atomic E-state index is 13.1. The Morgan fingerprint density at radius 3 is 2.12 bits per heavy atom. The van der Waals surface area contributed by atoms with Crippen molar-refractivity contribution in [3.05, 3.63) is 86.9 Å². The summed E-state index contributed by atoms with van der Waals surface area (Å²) < 4.78 is 67.3. The Morgan fingerprint density at radius 2 is 1.48 bits per heavy atom.